The SMILES string of the molecule is Cc1cccc(I)c1OP(=O)(N[C@@H](C)C(=O)OCc1ccccc1)Oc1cccc2ccccc12. The first-order chi connectivity index (χ1) is 16.8. The van der Waals surface area contributed by atoms with Crippen molar-refractivity contribution in [3.05, 3.63) is 106 Å². The Labute approximate surface area is 218 Å². The Balaban J connectivity index is 1.60. The van der Waals surface area contributed by atoms with Gasteiger partial charge in [-0.3, -0.25) is 4.79 Å². The van der Waals surface area contributed by atoms with Crippen molar-refractivity contribution < 1.29 is 23.1 Å². The third-order valence-electron chi connectivity index (χ3n) is 5.27. The highest BCUT2D eigenvalue weighted by Crippen LogP contribution is 2.48. The Morgan fingerprint density at radius 3 is 2.37 bits per heavy atom. The van der Waals surface area contributed by atoms with Gasteiger partial charge >= 0.3 is 13.7 Å². The van der Waals surface area contributed by atoms with Crippen LogP contribution in [0.5, 0.6) is 11.5 Å². The third-order valence-corrected chi connectivity index (χ3v) is 7.69. The fourth-order valence-electron chi connectivity index (χ4n) is 3.47. The number of benzene rings is 4. The number of hydrogen-bond donors (Lipinski definition) is 1. The average Bonchev–Trinajstić information content (AvgIpc) is 2.86. The molecular weight excluding hydrogens is 576 g/mol. The molecule has 2 atom stereocenters. The van der Waals surface area contributed by atoms with E-state index in [-0.39, 0.29) is 6.61 Å². The summed E-state index contributed by atoms with van der Waals surface area (Å²) in [5, 5.41) is 4.48. The van der Waals surface area contributed by atoms with E-state index in [1.807, 2.05) is 91.9 Å². The number of para-hydroxylation sites is 1. The van der Waals surface area contributed by atoms with Crippen molar-refractivity contribution in [2.24, 2.45) is 0 Å². The van der Waals surface area contributed by atoms with E-state index in [9.17, 15) is 9.36 Å². The molecule has 0 fully saturated rings. The summed E-state index contributed by atoms with van der Waals surface area (Å²) in [6.45, 7) is 3.53. The van der Waals surface area contributed by atoms with E-state index in [0.29, 0.717) is 11.5 Å². The zero-order chi connectivity index (χ0) is 24.8. The van der Waals surface area contributed by atoms with Crippen LogP contribution in [-0.4, -0.2) is 12.0 Å². The van der Waals surface area contributed by atoms with Crippen LogP contribution in [-0.2, 0) is 20.7 Å². The number of nitrogens with one attached hydrogen (secondary N) is 1. The molecule has 180 valence electrons. The van der Waals surface area contributed by atoms with Gasteiger partial charge in [-0.05, 0) is 65.1 Å². The standard InChI is InChI=1S/C27H25INO5P/c1-19-10-8-16-24(28)26(19)34-35(31,33-25-17-9-14-22-13-6-7-15-23(22)25)29-20(2)27(30)32-18-21-11-4-3-5-12-21/h3-17,20H,18H2,1-2H3,(H,29,31)/t20-,35?/m0/s1. The van der Waals surface area contributed by atoms with Gasteiger partial charge in [0.15, 0.2) is 0 Å². The summed E-state index contributed by atoms with van der Waals surface area (Å²) in [5.41, 5.74) is 1.65. The molecule has 0 aromatic heterocycles. The number of fused-ring (bicyclic) bond motifs is 1. The van der Waals surface area contributed by atoms with E-state index >= 15 is 0 Å². The smallest absolute Gasteiger partial charge is 0.460 e. The molecule has 0 heterocycles. The van der Waals surface area contributed by atoms with Gasteiger partial charge in [0, 0.05) is 5.39 Å². The quantitative estimate of drug-likeness (QED) is 0.126. The highest BCUT2D eigenvalue weighted by molar-refractivity contribution is 14.1. The minimum Gasteiger partial charge on any atom is -0.460 e. The van der Waals surface area contributed by atoms with Gasteiger partial charge in [0.05, 0.1) is 3.57 Å². The van der Waals surface area contributed by atoms with Gasteiger partial charge in [-0.25, -0.2) is 4.57 Å². The topological polar surface area (TPSA) is 73.9 Å². The summed E-state index contributed by atoms with van der Waals surface area (Å²) in [5.74, 6) is 0.236. The van der Waals surface area contributed by atoms with Crippen LogP contribution in [0.1, 0.15) is 18.1 Å². The van der Waals surface area contributed by atoms with Crippen LogP contribution in [0.15, 0.2) is 91.0 Å². The molecule has 35 heavy (non-hydrogen) atoms. The molecule has 4 aromatic rings. The van der Waals surface area contributed by atoms with Crippen LogP contribution in [0.25, 0.3) is 10.8 Å². The molecule has 4 rings (SSSR count). The van der Waals surface area contributed by atoms with E-state index in [1.165, 1.54) is 0 Å². The summed E-state index contributed by atoms with van der Waals surface area (Å²) < 4.78 is 32.3. The van der Waals surface area contributed by atoms with Crippen LogP contribution in [0.4, 0.5) is 0 Å². The van der Waals surface area contributed by atoms with Gasteiger partial charge < -0.3 is 13.8 Å². The van der Waals surface area contributed by atoms with Crippen LogP contribution in [0.3, 0.4) is 0 Å². The predicted octanol–water partition coefficient (Wildman–Crippen LogP) is 7.04. The lowest BCUT2D eigenvalue weighted by Gasteiger charge is -2.25. The molecule has 0 aliphatic heterocycles. The number of aryl methyl sites for hydroxylation is 1. The number of carbonyl (C=O) groups is 1. The maximum Gasteiger partial charge on any atom is 0.513 e. The maximum absolute atomic E-state index is 14.1. The first-order valence-electron chi connectivity index (χ1n) is 11.0. The maximum atomic E-state index is 14.1. The second-order valence-corrected chi connectivity index (χ2v) is 10.8. The predicted molar refractivity (Wildman–Crippen MR) is 146 cm³/mol. The van der Waals surface area contributed by atoms with Crippen molar-refractivity contribution in [1.82, 2.24) is 5.09 Å². The number of halogens is 1. The Morgan fingerprint density at radius 1 is 0.914 bits per heavy atom. The Hall–Kier alpha value is -2.87. The van der Waals surface area contributed by atoms with Crippen molar-refractivity contribution in [3.63, 3.8) is 0 Å². The number of hydrogen-bond acceptors (Lipinski definition) is 5. The molecule has 0 amide bonds. The van der Waals surface area contributed by atoms with E-state index in [4.69, 9.17) is 13.8 Å². The monoisotopic (exact) mass is 601 g/mol. The molecule has 0 radical (unpaired) electrons. The van der Waals surface area contributed by atoms with Crippen molar-refractivity contribution in [2.45, 2.75) is 26.5 Å². The summed E-state index contributed by atoms with van der Waals surface area (Å²) in [7, 11) is -4.08. The third kappa shape index (κ3) is 6.42. The fraction of sp³-hybridized carbons (Fsp3) is 0.148. The van der Waals surface area contributed by atoms with Crippen molar-refractivity contribution in [3.8, 4) is 11.5 Å². The molecule has 0 spiro atoms. The summed E-state index contributed by atoms with van der Waals surface area (Å²) in [6.07, 6.45) is 0. The van der Waals surface area contributed by atoms with Crippen LogP contribution in [0, 0.1) is 10.5 Å². The first-order valence-corrected chi connectivity index (χ1v) is 13.7. The van der Waals surface area contributed by atoms with E-state index in [1.54, 1.807) is 13.0 Å². The molecule has 0 aliphatic rings. The first kappa shape index (κ1) is 25.2. The van der Waals surface area contributed by atoms with Gasteiger partial charge in [-0.1, -0.05) is 78.9 Å². The Kier molecular flexibility index (Phi) is 8.11. The second-order valence-electron chi connectivity index (χ2n) is 7.99. The minimum atomic E-state index is -4.08. The summed E-state index contributed by atoms with van der Waals surface area (Å²) in [6, 6.07) is 27.1. The molecule has 0 saturated carbocycles. The highest BCUT2D eigenvalue weighted by atomic mass is 127. The Bertz CT molecular complexity index is 1350. The molecule has 0 aliphatic carbocycles. The summed E-state index contributed by atoms with van der Waals surface area (Å²) in [4.78, 5) is 12.7. The fourth-order valence-corrected chi connectivity index (χ4v) is 6.01. The minimum absolute atomic E-state index is 0.108. The van der Waals surface area contributed by atoms with Crippen molar-refractivity contribution >= 4 is 47.1 Å². The largest absolute Gasteiger partial charge is 0.513 e. The normalized spacial score (nSPS) is 13.6. The Morgan fingerprint density at radius 2 is 1.60 bits per heavy atom. The molecular formula is C27H25INO5P. The van der Waals surface area contributed by atoms with E-state index < -0.39 is 19.8 Å². The average molecular weight is 601 g/mol. The second kappa shape index (κ2) is 11.2. The molecule has 4 aromatic carbocycles. The zero-order valence-corrected chi connectivity index (χ0v) is 22.4. The van der Waals surface area contributed by atoms with Gasteiger partial charge in [-0.2, -0.15) is 5.09 Å². The molecule has 6 nitrogen and oxygen atoms in total. The van der Waals surface area contributed by atoms with Crippen LogP contribution >= 0.6 is 30.3 Å². The molecule has 0 saturated heterocycles. The van der Waals surface area contributed by atoms with Gasteiger partial charge in [0.2, 0.25) is 0 Å². The zero-order valence-electron chi connectivity index (χ0n) is 19.3. The van der Waals surface area contributed by atoms with Crippen molar-refractivity contribution in [1.29, 1.82) is 0 Å². The molecule has 1 unspecified atom stereocenters. The highest BCUT2D eigenvalue weighted by Gasteiger charge is 2.35. The number of rotatable bonds is 9. The van der Waals surface area contributed by atoms with Crippen LogP contribution < -0.4 is 14.1 Å². The van der Waals surface area contributed by atoms with Crippen LogP contribution in [0.2, 0.25) is 0 Å². The lowest BCUT2D eigenvalue weighted by molar-refractivity contribution is -0.146. The van der Waals surface area contributed by atoms with E-state index in [2.05, 4.69) is 27.7 Å². The lowest BCUT2D eigenvalue weighted by atomic mass is 10.1. The van der Waals surface area contributed by atoms with E-state index in [0.717, 1.165) is 25.5 Å². The number of esters is 1. The lowest BCUT2D eigenvalue weighted by Crippen LogP contribution is -2.35. The summed E-state index contributed by atoms with van der Waals surface area (Å²) >= 11 is 2.12. The number of ether oxygens (including phenoxy) is 1. The number of carbonyl (C=O) groups excluding carboxylic acids is 1. The van der Waals surface area contributed by atoms with Gasteiger partial charge in [0.1, 0.15) is 24.1 Å². The van der Waals surface area contributed by atoms with Gasteiger partial charge in [0.25, 0.3) is 0 Å². The molecule has 1 N–H and O–H groups in total. The van der Waals surface area contributed by atoms with Gasteiger partial charge in [-0.15, -0.1) is 0 Å². The molecule has 0 bridgehead atoms. The van der Waals surface area contributed by atoms with Crippen molar-refractivity contribution in [2.75, 3.05) is 0 Å². The molecule has 8 heteroatoms.